The number of thioether (sulfide) groups is 1. The molecule has 0 spiro atoms. The molecule has 1 aromatic heterocycles. The Balaban J connectivity index is 1.89. The number of pyridine rings is 1. The Morgan fingerprint density at radius 3 is 2.77 bits per heavy atom. The number of piperazine rings is 1. The highest BCUT2D eigenvalue weighted by molar-refractivity contribution is 7.98. The van der Waals surface area contributed by atoms with Crippen molar-refractivity contribution in [2.75, 3.05) is 30.3 Å². The number of aromatic nitrogens is 1. The van der Waals surface area contributed by atoms with Crippen molar-refractivity contribution in [1.29, 1.82) is 0 Å². The van der Waals surface area contributed by atoms with Crippen LogP contribution >= 0.6 is 11.8 Å². The predicted molar refractivity (Wildman–Crippen MR) is 83.2 cm³/mol. The van der Waals surface area contributed by atoms with Gasteiger partial charge in [0, 0.05) is 48.9 Å². The van der Waals surface area contributed by atoms with E-state index in [0.29, 0.717) is 23.4 Å². The summed E-state index contributed by atoms with van der Waals surface area (Å²) in [6.07, 6.45) is -3.35. The zero-order chi connectivity index (χ0) is 15.9. The number of halogens is 3. The van der Waals surface area contributed by atoms with E-state index in [1.54, 1.807) is 11.8 Å². The summed E-state index contributed by atoms with van der Waals surface area (Å²) < 4.78 is 38.6. The van der Waals surface area contributed by atoms with E-state index in [9.17, 15) is 13.2 Å². The molecule has 2 aliphatic heterocycles. The summed E-state index contributed by atoms with van der Waals surface area (Å²) in [5.41, 5.74) is 0.0615. The van der Waals surface area contributed by atoms with Crippen LogP contribution in [0.2, 0.25) is 0 Å². The average Bonchev–Trinajstić information content (AvgIpc) is 2.64. The Morgan fingerprint density at radius 1 is 1.32 bits per heavy atom. The van der Waals surface area contributed by atoms with Crippen LogP contribution in [-0.4, -0.2) is 47.4 Å². The number of hydrogen-bond acceptors (Lipinski definition) is 4. The van der Waals surface area contributed by atoms with E-state index in [4.69, 9.17) is 0 Å². The molecule has 1 saturated heterocycles. The lowest BCUT2D eigenvalue weighted by Crippen LogP contribution is -2.56. The summed E-state index contributed by atoms with van der Waals surface area (Å²) in [6.45, 7) is 7.07. The highest BCUT2D eigenvalue weighted by atomic mass is 32.2. The summed E-state index contributed by atoms with van der Waals surface area (Å²) in [7, 11) is 0. The van der Waals surface area contributed by atoms with E-state index >= 15 is 0 Å². The molecule has 0 radical (unpaired) electrons. The Bertz CT molecular complexity index is 547. The Kier molecular flexibility index (Phi) is 4.29. The SMILES string of the molecule is CC(C)N1CCN2c3ncc(C(F)(F)F)cc3CSC[C@H]2C1. The second-order valence-corrected chi connectivity index (χ2v) is 7.19. The monoisotopic (exact) mass is 331 g/mol. The summed E-state index contributed by atoms with van der Waals surface area (Å²) >= 11 is 1.70. The second-order valence-electron chi connectivity index (χ2n) is 6.16. The molecule has 7 heteroatoms. The van der Waals surface area contributed by atoms with Gasteiger partial charge in [0.25, 0.3) is 0 Å². The van der Waals surface area contributed by atoms with Crippen LogP contribution in [0.5, 0.6) is 0 Å². The summed E-state index contributed by atoms with van der Waals surface area (Å²) in [5, 5.41) is 0. The minimum atomic E-state index is -4.32. The molecular weight excluding hydrogens is 311 g/mol. The third-order valence-corrected chi connectivity index (χ3v) is 5.49. The Hall–Kier alpha value is -0.950. The second kappa shape index (κ2) is 5.92. The lowest BCUT2D eigenvalue weighted by atomic mass is 10.1. The predicted octanol–water partition coefficient (Wildman–Crippen LogP) is 3.25. The van der Waals surface area contributed by atoms with Crippen LogP contribution in [0.4, 0.5) is 19.0 Å². The fraction of sp³-hybridized carbons (Fsp3) is 0.667. The molecule has 1 fully saturated rings. The van der Waals surface area contributed by atoms with E-state index in [1.165, 1.54) is 6.07 Å². The maximum atomic E-state index is 12.9. The van der Waals surface area contributed by atoms with E-state index < -0.39 is 11.7 Å². The molecule has 2 aliphatic rings. The minimum Gasteiger partial charge on any atom is -0.350 e. The van der Waals surface area contributed by atoms with Crippen molar-refractivity contribution in [2.24, 2.45) is 0 Å². The van der Waals surface area contributed by atoms with E-state index in [1.807, 2.05) is 0 Å². The first-order valence-corrected chi connectivity index (χ1v) is 8.66. The molecule has 0 bridgehead atoms. The molecule has 3 nitrogen and oxygen atoms in total. The van der Waals surface area contributed by atoms with Gasteiger partial charge in [0.15, 0.2) is 0 Å². The Morgan fingerprint density at radius 2 is 2.09 bits per heavy atom. The molecule has 1 atom stereocenters. The standard InChI is InChI=1S/C15H20F3N3S/c1-10(2)20-3-4-21-13(7-20)9-22-8-11-5-12(15(16,17)18)6-19-14(11)21/h5-6,10,13H,3-4,7-9H2,1-2H3/t13-/m1/s1. The van der Waals surface area contributed by atoms with E-state index in [2.05, 4.69) is 28.6 Å². The number of fused-ring (bicyclic) bond motifs is 3. The molecule has 1 aromatic rings. The highest BCUT2D eigenvalue weighted by Crippen LogP contribution is 2.36. The minimum absolute atomic E-state index is 0.326. The van der Waals surface area contributed by atoms with Crippen molar-refractivity contribution >= 4 is 17.6 Å². The fourth-order valence-electron chi connectivity index (χ4n) is 3.10. The van der Waals surface area contributed by atoms with Crippen molar-refractivity contribution in [3.05, 3.63) is 23.4 Å². The zero-order valence-electron chi connectivity index (χ0n) is 12.7. The van der Waals surface area contributed by atoms with Crippen molar-refractivity contribution in [3.63, 3.8) is 0 Å². The van der Waals surface area contributed by atoms with Crippen LogP contribution in [0.25, 0.3) is 0 Å². The number of anilines is 1. The molecule has 22 heavy (non-hydrogen) atoms. The molecule has 122 valence electrons. The molecule has 0 unspecified atom stereocenters. The van der Waals surface area contributed by atoms with Gasteiger partial charge in [-0.1, -0.05) is 0 Å². The van der Waals surface area contributed by atoms with Crippen LogP contribution in [0.1, 0.15) is 25.0 Å². The van der Waals surface area contributed by atoms with Crippen LogP contribution in [0.15, 0.2) is 12.3 Å². The van der Waals surface area contributed by atoms with Gasteiger partial charge < -0.3 is 4.90 Å². The third-order valence-electron chi connectivity index (χ3n) is 4.35. The molecule has 0 amide bonds. The van der Waals surface area contributed by atoms with Crippen molar-refractivity contribution in [1.82, 2.24) is 9.88 Å². The van der Waals surface area contributed by atoms with Crippen molar-refractivity contribution < 1.29 is 13.2 Å². The average molecular weight is 331 g/mol. The molecule has 0 N–H and O–H groups in total. The van der Waals surface area contributed by atoms with Gasteiger partial charge in [-0.2, -0.15) is 24.9 Å². The topological polar surface area (TPSA) is 19.4 Å². The van der Waals surface area contributed by atoms with Crippen LogP contribution in [0.3, 0.4) is 0 Å². The third kappa shape index (κ3) is 3.06. The zero-order valence-corrected chi connectivity index (χ0v) is 13.5. The van der Waals surface area contributed by atoms with E-state index in [0.717, 1.165) is 37.4 Å². The highest BCUT2D eigenvalue weighted by Gasteiger charge is 2.35. The first kappa shape index (κ1) is 15.9. The summed E-state index contributed by atoms with van der Waals surface area (Å²) in [4.78, 5) is 8.80. The molecule has 3 heterocycles. The normalized spacial score (nSPS) is 23.2. The summed E-state index contributed by atoms with van der Waals surface area (Å²) in [5.74, 6) is 2.27. The fourth-order valence-corrected chi connectivity index (χ4v) is 4.21. The summed E-state index contributed by atoms with van der Waals surface area (Å²) in [6, 6.07) is 2.09. The first-order valence-electron chi connectivity index (χ1n) is 7.51. The molecule has 0 aromatic carbocycles. The van der Waals surface area contributed by atoms with Gasteiger partial charge in [0.2, 0.25) is 0 Å². The molecule has 0 saturated carbocycles. The van der Waals surface area contributed by atoms with Gasteiger partial charge in [-0.25, -0.2) is 4.98 Å². The largest absolute Gasteiger partial charge is 0.417 e. The number of rotatable bonds is 1. The van der Waals surface area contributed by atoms with Gasteiger partial charge in [0.1, 0.15) is 5.82 Å². The first-order chi connectivity index (χ1) is 10.4. The molecular formula is C15H20F3N3S. The van der Waals surface area contributed by atoms with Crippen molar-refractivity contribution in [2.45, 2.75) is 37.9 Å². The lowest BCUT2D eigenvalue weighted by molar-refractivity contribution is -0.137. The number of hydrogen-bond donors (Lipinski definition) is 0. The molecule has 3 rings (SSSR count). The van der Waals surface area contributed by atoms with Gasteiger partial charge >= 0.3 is 6.18 Å². The Labute approximate surface area is 132 Å². The van der Waals surface area contributed by atoms with Crippen LogP contribution < -0.4 is 4.90 Å². The van der Waals surface area contributed by atoms with Gasteiger partial charge in [0.05, 0.1) is 11.6 Å². The van der Waals surface area contributed by atoms with Crippen molar-refractivity contribution in [3.8, 4) is 0 Å². The number of alkyl halides is 3. The maximum Gasteiger partial charge on any atom is 0.417 e. The molecule has 0 aliphatic carbocycles. The van der Waals surface area contributed by atoms with Crippen LogP contribution in [0, 0.1) is 0 Å². The quantitative estimate of drug-likeness (QED) is 0.786. The van der Waals surface area contributed by atoms with Gasteiger partial charge in [-0.3, -0.25) is 4.90 Å². The van der Waals surface area contributed by atoms with Gasteiger partial charge in [-0.15, -0.1) is 0 Å². The number of nitrogens with zero attached hydrogens (tertiary/aromatic N) is 3. The smallest absolute Gasteiger partial charge is 0.350 e. The van der Waals surface area contributed by atoms with Gasteiger partial charge in [-0.05, 0) is 19.9 Å². The maximum absolute atomic E-state index is 12.9. The van der Waals surface area contributed by atoms with Crippen LogP contribution in [-0.2, 0) is 11.9 Å². The van der Waals surface area contributed by atoms with E-state index in [-0.39, 0.29) is 0 Å². The lowest BCUT2D eigenvalue weighted by Gasteiger charge is -2.43.